The van der Waals surface area contributed by atoms with E-state index in [0.29, 0.717) is 23.2 Å². The maximum atomic E-state index is 11.4. The van der Waals surface area contributed by atoms with Crippen LogP contribution < -0.4 is 10.6 Å². The molecule has 4 fully saturated rings. The zero-order chi connectivity index (χ0) is 23.0. The first-order chi connectivity index (χ1) is 14.1. The van der Waals surface area contributed by atoms with Crippen LogP contribution in [0.25, 0.3) is 0 Å². The third-order valence-electron chi connectivity index (χ3n) is 9.95. The van der Waals surface area contributed by atoms with Gasteiger partial charge in [-0.25, -0.2) is 0 Å². The summed E-state index contributed by atoms with van der Waals surface area (Å²) in [5, 5.41) is 29.9. The number of aliphatic hydroxyl groups is 2. The van der Waals surface area contributed by atoms with E-state index in [2.05, 4.69) is 66.0 Å². The minimum absolute atomic E-state index is 0.0233. The largest absolute Gasteiger partial charge is 0.391 e. The van der Waals surface area contributed by atoms with Crippen molar-refractivity contribution < 1.29 is 10.2 Å². The van der Waals surface area contributed by atoms with Crippen LogP contribution in [0.1, 0.15) is 100 Å². The van der Waals surface area contributed by atoms with Gasteiger partial charge in [-0.1, -0.05) is 13.8 Å². The third kappa shape index (κ3) is 4.24. The average molecular weight is 435 g/mol. The fourth-order valence-corrected chi connectivity index (χ4v) is 8.72. The maximum absolute atomic E-state index is 11.4. The van der Waals surface area contributed by atoms with E-state index in [0.717, 1.165) is 31.6 Å². The molecule has 31 heavy (non-hydrogen) atoms. The Bertz CT molecular complexity index is 667. The van der Waals surface area contributed by atoms with E-state index in [-0.39, 0.29) is 40.8 Å². The predicted molar refractivity (Wildman–Crippen MR) is 128 cm³/mol. The van der Waals surface area contributed by atoms with E-state index < -0.39 is 0 Å². The van der Waals surface area contributed by atoms with E-state index >= 15 is 0 Å². The highest BCUT2D eigenvalue weighted by Gasteiger charge is 2.63. The second-order valence-electron chi connectivity index (χ2n) is 14.4. The van der Waals surface area contributed by atoms with Gasteiger partial charge in [-0.05, 0) is 121 Å². The lowest BCUT2D eigenvalue weighted by Gasteiger charge is -2.62. The molecule has 0 amide bonds. The molecule has 0 aliphatic heterocycles. The van der Waals surface area contributed by atoms with Crippen LogP contribution in [-0.2, 0) is 0 Å². The maximum Gasteiger partial charge on any atom is 0.0749 e. The van der Waals surface area contributed by atoms with Crippen LogP contribution >= 0.6 is 0 Å². The molecular formula is C27H50N2O2. The molecule has 4 heteroatoms. The summed E-state index contributed by atoms with van der Waals surface area (Å²) in [6.45, 7) is 18.2. The van der Waals surface area contributed by atoms with E-state index in [9.17, 15) is 10.2 Å². The SMILES string of the molecule is CC(C)(C)N[C@H]1C[C@H]2[C@@H]3CC[C@H]4C[C@H](O)[C@@H](NC(C)(C)C)C[C@]4(C)[C@H]3CC[C@]2(C)[C@@H]1O. The molecular weight excluding hydrogens is 384 g/mol. The van der Waals surface area contributed by atoms with Gasteiger partial charge in [0.25, 0.3) is 0 Å². The molecule has 0 bridgehead atoms. The Morgan fingerprint density at radius 3 is 1.97 bits per heavy atom. The number of hydrogen-bond donors (Lipinski definition) is 4. The smallest absolute Gasteiger partial charge is 0.0749 e. The highest BCUT2D eigenvalue weighted by Crippen LogP contribution is 2.66. The van der Waals surface area contributed by atoms with Crippen LogP contribution in [0.4, 0.5) is 0 Å². The molecule has 0 unspecified atom stereocenters. The number of aliphatic hydroxyl groups excluding tert-OH is 2. The molecule has 0 spiro atoms. The molecule has 4 aliphatic carbocycles. The van der Waals surface area contributed by atoms with Gasteiger partial charge in [0.1, 0.15) is 0 Å². The fraction of sp³-hybridized carbons (Fsp3) is 1.00. The van der Waals surface area contributed by atoms with Crippen molar-refractivity contribution >= 4 is 0 Å². The zero-order valence-corrected chi connectivity index (χ0v) is 21.5. The van der Waals surface area contributed by atoms with Gasteiger partial charge in [0.05, 0.1) is 12.2 Å². The fourth-order valence-electron chi connectivity index (χ4n) is 8.72. The van der Waals surface area contributed by atoms with Crippen molar-refractivity contribution in [3.05, 3.63) is 0 Å². The monoisotopic (exact) mass is 434 g/mol. The average Bonchev–Trinajstić information content (AvgIpc) is 2.85. The molecule has 180 valence electrons. The van der Waals surface area contributed by atoms with Crippen molar-refractivity contribution in [3.8, 4) is 0 Å². The summed E-state index contributed by atoms with van der Waals surface area (Å²) in [5.41, 5.74) is 0.400. The number of nitrogens with one attached hydrogen (secondary N) is 2. The summed E-state index contributed by atoms with van der Waals surface area (Å²) in [6.07, 6.45) is 7.60. The van der Waals surface area contributed by atoms with Crippen LogP contribution in [0.5, 0.6) is 0 Å². The Kier molecular flexibility index (Phi) is 5.94. The van der Waals surface area contributed by atoms with Crippen LogP contribution in [0.2, 0.25) is 0 Å². The molecule has 4 saturated carbocycles. The normalized spacial score (nSPS) is 50.5. The first-order valence-electron chi connectivity index (χ1n) is 13.1. The molecule has 0 aromatic heterocycles. The predicted octanol–water partition coefficient (Wildman–Crippen LogP) is 4.48. The third-order valence-corrected chi connectivity index (χ3v) is 9.95. The second-order valence-corrected chi connectivity index (χ2v) is 14.4. The Hall–Kier alpha value is -0.160. The van der Waals surface area contributed by atoms with Crippen LogP contribution in [0.15, 0.2) is 0 Å². The van der Waals surface area contributed by atoms with E-state index in [4.69, 9.17) is 0 Å². The molecule has 0 radical (unpaired) electrons. The molecule has 4 rings (SSSR count). The van der Waals surface area contributed by atoms with E-state index in [1.165, 1.54) is 19.3 Å². The van der Waals surface area contributed by atoms with Gasteiger partial charge in [0.2, 0.25) is 0 Å². The Balaban J connectivity index is 1.57. The molecule has 0 aromatic rings. The summed E-state index contributed by atoms with van der Waals surface area (Å²) >= 11 is 0. The highest BCUT2D eigenvalue weighted by molar-refractivity contribution is 5.14. The lowest BCUT2D eigenvalue weighted by atomic mass is 9.44. The van der Waals surface area contributed by atoms with Crippen molar-refractivity contribution in [1.82, 2.24) is 10.6 Å². The molecule has 4 aliphatic rings. The first-order valence-corrected chi connectivity index (χ1v) is 13.1. The van der Waals surface area contributed by atoms with Crippen molar-refractivity contribution in [1.29, 1.82) is 0 Å². The van der Waals surface area contributed by atoms with Crippen molar-refractivity contribution in [2.24, 2.45) is 34.5 Å². The van der Waals surface area contributed by atoms with Gasteiger partial charge in [-0.3, -0.25) is 0 Å². The molecule has 0 heterocycles. The van der Waals surface area contributed by atoms with E-state index in [1.54, 1.807) is 0 Å². The Labute approximate surface area is 191 Å². The van der Waals surface area contributed by atoms with Crippen LogP contribution in [0, 0.1) is 34.5 Å². The molecule has 10 atom stereocenters. The summed E-state index contributed by atoms with van der Waals surface area (Å²) in [7, 11) is 0. The van der Waals surface area contributed by atoms with Gasteiger partial charge >= 0.3 is 0 Å². The number of fused-ring (bicyclic) bond motifs is 5. The quantitative estimate of drug-likeness (QED) is 0.517. The van der Waals surface area contributed by atoms with E-state index in [1.807, 2.05) is 0 Å². The number of rotatable bonds is 2. The molecule has 4 nitrogen and oxygen atoms in total. The molecule has 4 N–H and O–H groups in total. The van der Waals surface area contributed by atoms with Crippen LogP contribution in [-0.4, -0.2) is 45.6 Å². The summed E-state index contributed by atoms with van der Waals surface area (Å²) in [4.78, 5) is 0. The van der Waals surface area contributed by atoms with Crippen molar-refractivity contribution in [3.63, 3.8) is 0 Å². The topological polar surface area (TPSA) is 64.5 Å². The van der Waals surface area contributed by atoms with Gasteiger partial charge in [-0.2, -0.15) is 0 Å². The molecule has 0 saturated heterocycles. The summed E-state index contributed by atoms with van der Waals surface area (Å²) < 4.78 is 0. The van der Waals surface area contributed by atoms with Crippen molar-refractivity contribution in [2.45, 2.75) is 136 Å². The lowest BCUT2D eigenvalue weighted by molar-refractivity contribution is -0.142. The minimum Gasteiger partial charge on any atom is -0.391 e. The van der Waals surface area contributed by atoms with Crippen molar-refractivity contribution in [2.75, 3.05) is 0 Å². The van der Waals surface area contributed by atoms with Gasteiger partial charge in [-0.15, -0.1) is 0 Å². The lowest BCUT2D eigenvalue weighted by Crippen LogP contribution is -2.61. The summed E-state index contributed by atoms with van der Waals surface area (Å²) in [5.74, 6) is 2.69. The Morgan fingerprint density at radius 2 is 1.35 bits per heavy atom. The van der Waals surface area contributed by atoms with Gasteiger partial charge in [0.15, 0.2) is 0 Å². The zero-order valence-electron chi connectivity index (χ0n) is 21.5. The van der Waals surface area contributed by atoms with Gasteiger partial charge < -0.3 is 20.8 Å². The first kappa shape index (κ1) is 24.0. The second kappa shape index (κ2) is 7.68. The standard InChI is InChI=1S/C27H50N2O2/c1-24(2,3)28-20-14-19-17-10-9-16-13-22(30)21(29-25(4,5)6)15-27(16,8)18(17)11-12-26(19,7)23(20)31/h16-23,28-31H,9-15H2,1-8H3/t16-,17+,18-,19-,20-,21-,22-,23+,26-,27-/m0/s1. The number of hydrogen-bond acceptors (Lipinski definition) is 4. The minimum atomic E-state index is -0.244. The van der Waals surface area contributed by atoms with Gasteiger partial charge in [0, 0.05) is 23.2 Å². The summed E-state index contributed by atoms with van der Waals surface area (Å²) in [6, 6.07) is 0.403. The Morgan fingerprint density at radius 1 is 0.742 bits per heavy atom. The van der Waals surface area contributed by atoms with Crippen LogP contribution in [0.3, 0.4) is 0 Å². The molecule has 0 aromatic carbocycles. The highest BCUT2D eigenvalue weighted by atomic mass is 16.3.